The molecule has 5 nitrogen and oxygen atoms in total. The van der Waals surface area contributed by atoms with Crippen molar-refractivity contribution in [2.24, 2.45) is 5.92 Å². The number of nitrogens with zero attached hydrogens (tertiary/aromatic N) is 1. The maximum Gasteiger partial charge on any atom is 0.111 e. The van der Waals surface area contributed by atoms with Crippen molar-refractivity contribution in [1.82, 2.24) is 4.90 Å². The average molecular weight is 361 g/mol. The van der Waals surface area contributed by atoms with Crippen LogP contribution in [0.2, 0.25) is 0 Å². The minimum atomic E-state index is -0.882. The molecule has 0 radical (unpaired) electrons. The Labute approximate surface area is 155 Å². The molecule has 2 N–H and O–H groups in total. The van der Waals surface area contributed by atoms with E-state index in [0.29, 0.717) is 12.5 Å². The highest BCUT2D eigenvalue weighted by Gasteiger charge is 2.39. The van der Waals surface area contributed by atoms with E-state index in [1.165, 1.54) is 31.2 Å². The van der Waals surface area contributed by atoms with Crippen LogP contribution in [0.4, 0.5) is 0 Å². The summed E-state index contributed by atoms with van der Waals surface area (Å²) in [6, 6.07) is 8.48. The van der Waals surface area contributed by atoms with Gasteiger partial charge in [0.1, 0.15) is 12.2 Å². The molecule has 2 aliphatic heterocycles. The van der Waals surface area contributed by atoms with Gasteiger partial charge in [0.2, 0.25) is 0 Å². The van der Waals surface area contributed by atoms with Gasteiger partial charge in [0.05, 0.1) is 25.9 Å². The Bertz CT molecular complexity index is 566. The van der Waals surface area contributed by atoms with Crippen LogP contribution in [0.25, 0.3) is 0 Å². The molecule has 144 valence electrons. The molecule has 2 saturated heterocycles. The molecule has 0 unspecified atom stereocenters. The third-order valence-corrected chi connectivity index (χ3v) is 6.32. The van der Waals surface area contributed by atoms with Crippen LogP contribution < -0.4 is 0 Å². The van der Waals surface area contributed by atoms with E-state index < -0.39 is 18.3 Å². The van der Waals surface area contributed by atoms with Gasteiger partial charge in [0.15, 0.2) is 0 Å². The topological polar surface area (TPSA) is 62.2 Å². The van der Waals surface area contributed by atoms with E-state index in [1.54, 1.807) is 0 Å². The van der Waals surface area contributed by atoms with Gasteiger partial charge >= 0.3 is 0 Å². The van der Waals surface area contributed by atoms with Crippen LogP contribution in [-0.2, 0) is 9.47 Å². The third kappa shape index (κ3) is 3.97. The van der Waals surface area contributed by atoms with Gasteiger partial charge in [0, 0.05) is 25.6 Å². The third-order valence-electron chi connectivity index (χ3n) is 6.32. The van der Waals surface area contributed by atoms with Crippen LogP contribution in [0.3, 0.4) is 0 Å². The lowest BCUT2D eigenvalue weighted by Crippen LogP contribution is -2.51. The standard InChI is InChI=1S/C21H31NO4/c23-19-18(13-22-9-11-25-12-10-22)14-26-21(20(19)24)17-7-5-16(6-8-17)15-3-1-2-4-15/h5-8,15,18-21,23-24H,1-4,9-14H2/t18-,19+,20+,21+/m0/s1. The molecular formula is C21H31NO4. The van der Waals surface area contributed by atoms with Crippen molar-refractivity contribution in [2.75, 3.05) is 39.5 Å². The van der Waals surface area contributed by atoms with Crippen molar-refractivity contribution in [3.8, 4) is 0 Å². The number of hydrogen-bond donors (Lipinski definition) is 2. The number of aliphatic hydroxyl groups excluding tert-OH is 2. The zero-order chi connectivity index (χ0) is 17.9. The minimum Gasteiger partial charge on any atom is -0.390 e. The first-order valence-electron chi connectivity index (χ1n) is 10.1. The highest BCUT2D eigenvalue weighted by molar-refractivity contribution is 5.28. The molecule has 1 aliphatic carbocycles. The smallest absolute Gasteiger partial charge is 0.111 e. The maximum atomic E-state index is 10.7. The van der Waals surface area contributed by atoms with Crippen LogP contribution in [0.1, 0.15) is 48.8 Å². The SMILES string of the molecule is O[C@@H]1[C@@H](CN2CCOCC2)CO[C@H](c2ccc(C3CCCC3)cc2)[C@@H]1O. The monoisotopic (exact) mass is 361 g/mol. The molecule has 0 aromatic heterocycles. The van der Waals surface area contributed by atoms with Gasteiger partial charge in [-0.05, 0) is 29.9 Å². The largest absolute Gasteiger partial charge is 0.390 e. The summed E-state index contributed by atoms with van der Waals surface area (Å²) in [6.07, 6.45) is 3.14. The molecule has 5 heteroatoms. The summed E-state index contributed by atoms with van der Waals surface area (Å²) in [5.41, 5.74) is 2.35. The summed E-state index contributed by atoms with van der Waals surface area (Å²) in [4.78, 5) is 2.28. The lowest BCUT2D eigenvalue weighted by atomic mass is 9.87. The predicted octanol–water partition coefficient (Wildman–Crippen LogP) is 2.09. The summed E-state index contributed by atoms with van der Waals surface area (Å²) >= 11 is 0. The summed E-state index contributed by atoms with van der Waals surface area (Å²) in [6.45, 7) is 4.46. The zero-order valence-electron chi connectivity index (χ0n) is 15.4. The van der Waals surface area contributed by atoms with Gasteiger partial charge in [0.25, 0.3) is 0 Å². The average Bonchev–Trinajstić information content (AvgIpc) is 3.22. The lowest BCUT2D eigenvalue weighted by molar-refractivity contribution is -0.171. The Balaban J connectivity index is 1.37. The van der Waals surface area contributed by atoms with Crippen molar-refractivity contribution in [3.05, 3.63) is 35.4 Å². The molecule has 0 spiro atoms. The fourth-order valence-corrected chi connectivity index (χ4v) is 4.67. The first-order chi connectivity index (χ1) is 12.7. The van der Waals surface area contributed by atoms with E-state index in [1.807, 2.05) is 0 Å². The van der Waals surface area contributed by atoms with Crippen LogP contribution >= 0.6 is 0 Å². The van der Waals surface area contributed by atoms with Crippen molar-refractivity contribution < 1.29 is 19.7 Å². The Kier molecular flexibility index (Phi) is 5.91. The molecule has 3 fully saturated rings. The van der Waals surface area contributed by atoms with Crippen molar-refractivity contribution >= 4 is 0 Å². The first-order valence-corrected chi connectivity index (χ1v) is 10.1. The van der Waals surface area contributed by atoms with Crippen LogP contribution in [0.5, 0.6) is 0 Å². The molecule has 1 saturated carbocycles. The minimum absolute atomic E-state index is 0.0582. The van der Waals surface area contributed by atoms with E-state index in [9.17, 15) is 10.2 Å². The number of aliphatic hydroxyl groups is 2. The molecule has 26 heavy (non-hydrogen) atoms. The Morgan fingerprint density at radius 1 is 0.923 bits per heavy atom. The summed E-state index contributed by atoms with van der Waals surface area (Å²) < 4.78 is 11.4. The highest BCUT2D eigenvalue weighted by Crippen LogP contribution is 2.36. The number of rotatable bonds is 4. The van der Waals surface area contributed by atoms with Gasteiger partial charge in [-0.1, -0.05) is 37.1 Å². The van der Waals surface area contributed by atoms with Gasteiger partial charge in [-0.15, -0.1) is 0 Å². The second-order valence-corrected chi connectivity index (χ2v) is 8.06. The van der Waals surface area contributed by atoms with E-state index in [4.69, 9.17) is 9.47 Å². The molecular weight excluding hydrogens is 330 g/mol. The first kappa shape index (κ1) is 18.4. The van der Waals surface area contributed by atoms with Gasteiger partial charge in [-0.25, -0.2) is 0 Å². The molecule has 0 amide bonds. The summed E-state index contributed by atoms with van der Waals surface area (Å²) in [7, 11) is 0. The number of benzene rings is 1. The number of hydrogen-bond acceptors (Lipinski definition) is 5. The van der Waals surface area contributed by atoms with E-state index in [-0.39, 0.29) is 5.92 Å². The second-order valence-electron chi connectivity index (χ2n) is 8.06. The summed E-state index contributed by atoms with van der Waals surface area (Å²) in [5, 5.41) is 21.3. The van der Waals surface area contributed by atoms with Crippen molar-refractivity contribution in [3.63, 3.8) is 0 Å². The van der Waals surface area contributed by atoms with Crippen molar-refractivity contribution in [1.29, 1.82) is 0 Å². The highest BCUT2D eigenvalue weighted by atomic mass is 16.5. The fraction of sp³-hybridized carbons (Fsp3) is 0.714. The van der Waals surface area contributed by atoms with Gasteiger partial charge < -0.3 is 19.7 Å². The van der Waals surface area contributed by atoms with Crippen LogP contribution in [0.15, 0.2) is 24.3 Å². The molecule has 4 atom stereocenters. The molecule has 0 bridgehead atoms. The predicted molar refractivity (Wildman–Crippen MR) is 99.1 cm³/mol. The molecule has 3 aliphatic rings. The van der Waals surface area contributed by atoms with E-state index in [0.717, 1.165) is 38.4 Å². The number of ether oxygens (including phenoxy) is 2. The quantitative estimate of drug-likeness (QED) is 0.860. The maximum absolute atomic E-state index is 10.7. The molecule has 1 aromatic carbocycles. The van der Waals surface area contributed by atoms with E-state index >= 15 is 0 Å². The fourth-order valence-electron chi connectivity index (χ4n) is 4.67. The second kappa shape index (κ2) is 8.36. The normalized spacial score (nSPS) is 34.2. The van der Waals surface area contributed by atoms with Gasteiger partial charge in [-0.3, -0.25) is 4.90 Å². The number of morpholine rings is 1. The molecule has 2 heterocycles. The van der Waals surface area contributed by atoms with E-state index in [2.05, 4.69) is 29.2 Å². The zero-order valence-corrected chi connectivity index (χ0v) is 15.4. The summed E-state index contributed by atoms with van der Waals surface area (Å²) in [5.74, 6) is 0.627. The van der Waals surface area contributed by atoms with Gasteiger partial charge in [-0.2, -0.15) is 0 Å². The Morgan fingerprint density at radius 3 is 2.27 bits per heavy atom. The van der Waals surface area contributed by atoms with Crippen LogP contribution in [-0.4, -0.2) is 66.8 Å². The molecule has 1 aromatic rings. The Hall–Kier alpha value is -0.980. The Morgan fingerprint density at radius 2 is 1.58 bits per heavy atom. The molecule has 4 rings (SSSR count). The lowest BCUT2D eigenvalue weighted by Gasteiger charge is -2.40. The van der Waals surface area contributed by atoms with Crippen LogP contribution in [0, 0.1) is 5.92 Å². The van der Waals surface area contributed by atoms with Crippen molar-refractivity contribution in [2.45, 2.75) is 49.9 Å².